The van der Waals surface area contributed by atoms with Crippen LogP contribution in [0.4, 0.5) is 18.9 Å². The molecule has 1 nitrogen and oxygen atoms in total. The van der Waals surface area contributed by atoms with E-state index in [0.29, 0.717) is 5.56 Å². The molecule has 94 valence electrons. The molecule has 0 fully saturated rings. The molecule has 0 atom stereocenters. The molecular weight excluding hydrogens is 263 g/mol. The summed E-state index contributed by atoms with van der Waals surface area (Å²) in [6.45, 7) is 0.180. The van der Waals surface area contributed by atoms with Gasteiger partial charge in [-0.25, -0.2) is 13.2 Å². The molecule has 0 heterocycles. The number of hydrogen-bond donors (Lipinski definition) is 1. The Morgan fingerprint density at radius 3 is 2.56 bits per heavy atom. The maximum Gasteiger partial charge on any atom is 0.181 e. The van der Waals surface area contributed by atoms with Crippen LogP contribution in [-0.4, -0.2) is 0 Å². The number of nitrogens with one attached hydrogen (secondary N) is 1. The molecule has 0 aromatic heterocycles. The molecular formula is C13H9ClF3N. The van der Waals surface area contributed by atoms with Crippen LogP contribution >= 0.6 is 11.6 Å². The van der Waals surface area contributed by atoms with Gasteiger partial charge in [0, 0.05) is 11.6 Å². The molecule has 0 radical (unpaired) electrons. The number of benzene rings is 2. The SMILES string of the molecule is Fc1ccc(CNc2cccc(F)c2F)c(Cl)c1. The van der Waals surface area contributed by atoms with E-state index in [2.05, 4.69) is 5.32 Å². The Bertz CT molecular complexity index is 572. The summed E-state index contributed by atoms with van der Waals surface area (Å²) in [5.74, 6) is -2.32. The van der Waals surface area contributed by atoms with E-state index in [1.165, 1.54) is 30.3 Å². The summed E-state index contributed by atoms with van der Waals surface area (Å²) < 4.78 is 39.1. The topological polar surface area (TPSA) is 12.0 Å². The number of hydrogen-bond acceptors (Lipinski definition) is 1. The highest BCUT2D eigenvalue weighted by Crippen LogP contribution is 2.21. The number of halogens is 4. The highest BCUT2D eigenvalue weighted by atomic mass is 35.5. The van der Waals surface area contributed by atoms with Crippen molar-refractivity contribution in [2.75, 3.05) is 5.32 Å². The third-order valence-corrected chi connectivity index (χ3v) is 2.79. The largest absolute Gasteiger partial charge is 0.378 e. The molecule has 0 unspecified atom stereocenters. The van der Waals surface area contributed by atoms with Crippen LogP contribution in [-0.2, 0) is 6.54 Å². The summed E-state index contributed by atoms with van der Waals surface area (Å²) in [5, 5.41) is 2.94. The van der Waals surface area contributed by atoms with Crippen molar-refractivity contribution >= 4 is 17.3 Å². The van der Waals surface area contributed by atoms with E-state index in [4.69, 9.17) is 11.6 Å². The van der Waals surface area contributed by atoms with E-state index < -0.39 is 17.5 Å². The van der Waals surface area contributed by atoms with Gasteiger partial charge in [-0.05, 0) is 29.8 Å². The molecule has 0 bridgehead atoms. The van der Waals surface area contributed by atoms with Gasteiger partial charge in [-0.15, -0.1) is 0 Å². The third kappa shape index (κ3) is 2.76. The fourth-order valence-corrected chi connectivity index (χ4v) is 1.73. The molecule has 2 rings (SSSR count). The lowest BCUT2D eigenvalue weighted by Gasteiger charge is -2.09. The van der Waals surface area contributed by atoms with Crippen LogP contribution in [0.25, 0.3) is 0 Å². The first kappa shape index (κ1) is 12.8. The standard InChI is InChI=1S/C13H9ClF3N/c14-10-6-9(15)5-4-8(10)7-18-12-3-1-2-11(16)13(12)17/h1-6,18H,7H2. The predicted molar refractivity (Wildman–Crippen MR) is 65.1 cm³/mol. The van der Waals surface area contributed by atoms with Gasteiger partial charge < -0.3 is 5.32 Å². The van der Waals surface area contributed by atoms with E-state index in [0.717, 1.165) is 6.07 Å². The second kappa shape index (κ2) is 5.31. The zero-order chi connectivity index (χ0) is 13.1. The molecule has 1 N–H and O–H groups in total. The first-order valence-corrected chi connectivity index (χ1v) is 5.57. The first-order valence-electron chi connectivity index (χ1n) is 5.20. The van der Waals surface area contributed by atoms with Crippen molar-refractivity contribution in [2.45, 2.75) is 6.54 Å². The van der Waals surface area contributed by atoms with Crippen LogP contribution in [0.3, 0.4) is 0 Å². The van der Waals surface area contributed by atoms with E-state index in [-0.39, 0.29) is 17.3 Å². The number of anilines is 1. The van der Waals surface area contributed by atoms with Gasteiger partial charge >= 0.3 is 0 Å². The zero-order valence-electron chi connectivity index (χ0n) is 9.18. The average Bonchev–Trinajstić information content (AvgIpc) is 2.33. The molecule has 0 aliphatic carbocycles. The van der Waals surface area contributed by atoms with E-state index in [9.17, 15) is 13.2 Å². The minimum atomic E-state index is -0.948. The van der Waals surface area contributed by atoms with E-state index in [1.54, 1.807) is 0 Å². The lowest BCUT2D eigenvalue weighted by Crippen LogP contribution is -2.03. The molecule has 2 aromatic rings. The monoisotopic (exact) mass is 271 g/mol. The highest BCUT2D eigenvalue weighted by molar-refractivity contribution is 6.31. The van der Waals surface area contributed by atoms with Crippen molar-refractivity contribution < 1.29 is 13.2 Å². The predicted octanol–water partition coefficient (Wildman–Crippen LogP) is 4.37. The van der Waals surface area contributed by atoms with Gasteiger partial charge in [0.05, 0.1) is 5.69 Å². The van der Waals surface area contributed by atoms with E-state index in [1.807, 2.05) is 0 Å². The highest BCUT2D eigenvalue weighted by Gasteiger charge is 2.08. The Morgan fingerprint density at radius 2 is 1.83 bits per heavy atom. The van der Waals surface area contributed by atoms with E-state index >= 15 is 0 Å². The molecule has 0 saturated heterocycles. The minimum absolute atomic E-state index is 0.0374. The first-order chi connectivity index (χ1) is 8.58. The van der Waals surface area contributed by atoms with Crippen LogP contribution in [0.5, 0.6) is 0 Å². The summed E-state index contributed by atoms with van der Waals surface area (Å²) in [5.41, 5.74) is 0.636. The molecule has 18 heavy (non-hydrogen) atoms. The molecule has 0 aliphatic heterocycles. The summed E-state index contributed by atoms with van der Waals surface area (Å²) in [6.07, 6.45) is 0. The normalized spacial score (nSPS) is 10.4. The summed E-state index contributed by atoms with van der Waals surface area (Å²) >= 11 is 5.82. The van der Waals surface area contributed by atoms with Crippen LogP contribution in [0.2, 0.25) is 5.02 Å². The maximum absolute atomic E-state index is 13.3. The van der Waals surface area contributed by atoms with Crippen LogP contribution in [0.15, 0.2) is 36.4 Å². The Kier molecular flexibility index (Phi) is 3.77. The van der Waals surface area contributed by atoms with Gasteiger partial charge in [-0.2, -0.15) is 0 Å². The molecule has 0 spiro atoms. The fourth-order valence-electron chi connectivity index (χ4n) is 1.50. The van der Waals surface area contributed by atoms with Gasteiger partial charge in [0.25, 0.3) is 0 Å². The van der Waals surface area contributed by atoms with Gasteiger partial charge in [-0.1, -0.05) is 23.7 Å². The van der Waals surface area contributed by atoms with Crippen molar-refractivity contribution in [1.29, 1.82) is 0 Å². The molecule has 2 aromatic carbocycles. The summed E-state index contributed by atoms with van der Waals surface area (Å²) in [7, 11) is 0. The lowest BCUT2D eigenvalue weighted by atomic mass is 10.2. The second-order valence-electron chi connectivity index (χ2n) is 3.69. The Labute approximate surface area is 107 Å². The van der Waals surface area contributed by atoms with Gasteiger partial charge in [0.15, 0.2) is 11.6 Å². The van der Waals surface area contributed by atoms with Crippen LogP contribution in [0.1, 0.15) is 5.56 Å². The Hall–Kier alpha value is -1.68. The summed E-state index contributed by atoms with van der Waals surface area (Å²) in [4.78, 5) is 0. The third-order valence-electron chi connectivity index (χ3n) is 2.44. The molecule has 0 aliphatic rings. The Morgan fingerprint density at radius 1 is 1.06 bits per heavy atom. The molecule has 0 saturated carbocycles. The van der Waals surface area contributed by atoms with Crippen molar-refractivity contribution in [1.82, 2.24) is 0 Å². The maximum atomic E-state index is 13.3. The molecule has 5 heteroatoms. The van der Waals surface area contributed by atoms with Crippen molar-refractivity contribution in [3.05, 3.63) is 64.4 Å². The summed E-state index contributed by atoms with van der Waals surface area (Å²) in [6, 6.07) is 7.75. The zero-order valence-corrected chi connectivity index (χ0v) is 9.94. The van der Waals surface area contributed by atoms with Gasteiger partial charge in [0.1, 0.15) is 5.82 Å². The quantitative estimate of drug-likeness (QED) is 0.874. The number of rotatable bonds is 3. The minimum Gasteiger partial charge on any atom is -0.378 e. The Balaban J connectivity index is 2.14. The van der Waals surface area contributed by atoms with Crippen molar-refractivity contribution in [3.8, 4) is 0 Å². The van der Waals surface area contributed by atoms with Crippen molar-refractivity contribution in [3.63, 3.8) is 0 Å². The average molecular weight is 272 g/mol. The van der Waals surface area contributed by atoms with Gasteiger partial charge in [-0.3, -0.25) is 0 Å². The fraction of sp³-hybridized carbons (Fsp3) is 0.0769. The molecule has 0 amide bonds. The second-order valence-corrected chi connectivity index (χ2v) is 4.10. The van der Waals surface area contributed by atoms with Crippen LogP contribution in [0, 0.1) is 17.5 Å². The van der Waals surface area contributed by atoms with Gasteiger partial charge in [0.2, 0.25) is 0 Å². The van der Waals surface area contributed by atoms with Crippen molar-refractivity contribution in [2.24, 2.45) is 0 Å². The lowest BCUT2D eigenvalue weighted by molar-refractivity contribution is 0.511. The van der Waals surface area contributed by atoms with Crippen LogP contribution < -0.4 is 5.32 Å². The smallest absolute Gasteiger partial charge is 0.181 e.